The van der Waals surface area contributed by atoms with E-state index in [0.717, 1.165) is 11.1 Å². The summed E-state index contributed by atoms with van der Waals surface area (Å²) >= 11 is 0. The van der Waals surface area contributed by atoms with Gasteiger partial charge in [-0.3, -0.25) is 19.5 Å². The number of aryl methyl sites for hydroxylation is 1. The van der Waals surface area contributed by atoms with Gasteiger partial charge in [-0.2, -0.15) is 0 Å². The second-order valence-corrected chi connectivity index (χ2v) is 8.91. The molecule has 1 atom stereocenters. The highest BCUT2D eigenvalue weighted by Gasteiger charge is 2.47. The van der Waals surface area contributed by atoms with E-state index in [0.29, 0.717) is 34.9 Å². The Kier molecular flexibility index (Phi) is 6.91. The lowest BCUT2D eigenvalue weighted by molar-refractivity contribution is -0.132. The van der Waals surface area contributed by atoms with Gasteiger partial charge in [0.2, 0.25) is 0 Å². The number of amides is 1. The van der Waals surface area contributed by atoms with E-state index in [-0.39, 0.29) is 11.3 Å². The van der Waals surface area contributed by atoms with E-state index in [4.69, 9.17) is 9.47 Å². The van der Waals surface area contributed by atoms with Gasteiger partial charge in [0.25, 0.3) is 11.7 Å². The number of ketones is 1. The van der Waals surface area contributed by atoms with E-state index in [1.54, 1.807) is 67.0 Å². The summed E-state index contributed by atoms with van der Waals surface area (Å²) in [5.41, 5.74) is 3.36. The van der Waals surface area contributed by atoms with Gasteiger partial charge in [0.05, 0.1) is 18.7 Å². The van der Waals surface area contributed by atoms with E-state index >= 15 is 0 Å². The highest BCUT2D eigenvalue weighted by Crippen LogP contribution is 2.43. The lowest BCUT2D eigenvalue weighted by Gasteiger charge is -2.25. The van der Waals surface area contributed by atoms with Crippen LogP contribution < -0.4 is 14.4 Å². The van der Waals surface area contributed by atoms with Gasteiger partial charge in [-0.05, 0) is 66.1 Å². The predicted octanol–water partition coefficient (Wildman–Crippen LogP) is 5.60. The minimum absolute atomic E-state index is 0.00127. The first-order chi connectivity index (χ1) is 18.5. The summed E-state index contributed by atoms with van der Waals surface area (Å²) in [5.74, 6) is -0.559. The van der Waals surface area contributed by atoms with Gasteiger partial charge in [0.15, 0.2) is 0 Å². The number of benzene rings is 3. The van der Waals surface area contributed by atoms with Crippen molar-refractivity contribution in [2.24, 2.45) is 0 Å². The van der Waals surface area contributed by atoms with Crippen LogP contribution in [0.2, 0.25) is 0 Å². The molecule has 0 saturated carbocycles. The molecule has 38 heavy (non-hydrogen) atoms. The number of carbonyl (C=O) groups is 2. The molecule has 3 aromatic carbocycles. The fourth-order valence-corrected chi connectivity index (χ4v) is 4.57. The topological polar surface area (TPSA) is 89.0 Å². The number of pyridine rings is 1. The van der Waals surface area contributed by atoms with Gasteiger partial charge in [-0.1, -0.05) is 36.4 Å². The second kappa shape index (κ2) is 10.6. The van der Waals surface area contributed by atoms with Crippen LogP contribution in [0.1, 0.15) is 28.3 Å². The third kappa shape index (κ3) is 4.74. The van der Waals surface area contributed by atoms with Crippen molar-refractivity contribution in [2.45, 2.75) is 19.6 Å². The van der Waals surface area contributed by atoms with E-state index < -0.39 is 17.7 Å². The first kappa shape index (κ1) is 24.8. The van der Waals surface area contributed by atoms with Crippen LogP contribution in [0.25, 0.3) is 5.76 Å². The van der Waals surface area contributed by atoms with Crippen LogP contribution in [0.5, 0.6) is 11.5 Å². The molecule has 5 rings (SSSR count). The number of aromatic nitrogens is 1. The summed E-state index contributed by atoms with van der Waals surface area (Å²) in [7, 11) is 1.53. The molecule has 1 aromatic heterocycles. The number of ether oxygens (including phenoxy) is 2. The molecule has 0 bridgehead atoms. The van der Waals surface area contributed by atoms with Crippen LogP contribution in [0, 0.1) is 6.92 Å². The minimum atomic E-state index is -0.848. The van der Waals surface area contributed by atoms with Crippen molar-refractivity contribution in [1.29, 1.82) is 0 Å². The number of methoxy groups -OCH3 is 1. The van der Waals surface area contributed by atoms with Crippen LogP contribution in [0.15, 0.2) is 103 Å². The molecule has 0 radical (unpaired) electrons. The van der Waals surface area contributed by atoms with Gasteiger partial charge in [-0.25, -0.2) is 0 Å². The summed E-state index contributed by atoms with van der Waals surface area (Å²) in [6, 6.07) is 24.5. The Hall–Kier alpha value is -4.91. The molecule has 1 saturated heterocycles. The molecule has 2 heterocycles. The number of aliphatic hydroxyl groups excluding tert-OH is 1. The van der Waals surface area contributed by atoms with Crippen molar-refractivity contribution in [1.82, 2.24) is 4.98 Å². The lowest BCUT2D eigenvalue weighted by atomic mass is 9.95. The van der Waals surface area contributed by atoms with Crippen LogP contribution >= 0.6 is 0 Å². The molecule has 1 N–H and O–H groups in total. The largest absolute Gasteiger partial charge is 0.507 e. The molecule has 0 spiro atoms. The number of anilines is 1. The molecule has 1 fully saturated rings. The summed E-state index contributed by atoms with van der Waals surface area (Å²) in [5, 5.41) is 11.4. The van der Waals surface area contributed by atoms with E-state index in [1.165, 1.54) is 12.0 Å². The number of aliphatic hydroxyl groups is 1. The van der Waals surface area contributed by atoms with Gasteiger partial charge in [-0.15, -0.1) is 0 Å². The standard InChI is InChI=1S/C31H26N2O5/c1-20-17-23(11-12-26(20)38-19-21-7-4-3-5-8-21)29(34)27-28(22-13-15-32-16-14-22)33(31(36)30(27)35)24-9-6-10-25(18-24)37-2/h3-18,28,34H,19H2,1-2H3/b29-27+. The molecule has 1 aliphatic rings. The minimum Gasteiger partial charge on any atom is -0.507 e. The average Bonchev–Trinajstić information content (AvgIpc) is 3.23. The van der Waals surface area contributed by atoms with Crippen molar-refractivity contribution >= 4 is 23.1 Å². The SMILES string of the molecule is COc1cccc(N2C(=O)C(=O)/C(=C(/O)c3ccc(OCc4ccccc4)c(C)c3)C2c2ccncc2)c1. The number of carbonyl (C=O) groups excluding carboxylic acids is 2. The highest BCUT2D eigenvalue weighted by molar-refractivity contribution is 6.51. The van der Waals surface area contributed by atoms with E-state index in [2.05, 4.69) is 4.98 Å². The zero-order valence-electron chi connectivity index (χ0n) is 21.0. The van der Waals surface area contributed by atoms with Gasteiger partial charge >= 0.3 is 0 Å². The summed E-state index contributed by atoms with van der Waals surface area (Å²) in [6.45, 7) is 2.27. The van der Waals surface area contributed by atoms with E-state index in [1.807, 2.05) is 37.3 Å². The fraction of sp³-hybridized carbons (Fsp3) is 0.129. The van der Waals surface area contributed by atoms with Gasteiger partial charge in [0, 0.05) is 29.7 Å². The normalized spacial score (nSPS) is 16.5. The molecule has 1 amide bonds. The zero-order chi connectivity index (χ0) is 26.6. The molecule has 0 aliphatic carbocycles. The Morgan fingerprint density at radius 3 is 2.42 bits per heavy atom. The highest BCUT2D eigenvalue weighted by atomic mass is 16.5. The first-order valence-corrected chi connectivity index (χ1v) is 12.1. The monoisotopic (exact) mass is 506 g/mol. The molecular formula is C31H26N2O5. The fourth-order valence-electron chi connectivity index (χ4n) is 4.57. The second-order valence-electron chi connectivity index (χ2n) is 8.91. The molecule has 7 heteroatoms. The number of hydrogen-bond acceptors (Lipinski definition) is 6. The van der Waals surface area contributed by atoms with Crippen molar-refractivity contribution in [2.75, 3.05) is 12.0 Å². The van der Waals surface area contributed by atoms with Crippen LogP contribution in [-0.2, 0) is 16.2 Å². The summed E-state index contributed by atoms with van der Waals surface area (Å²) in [4.78, 5) is 32.2. The smallest absolute Gasteiger partial charge is 0.300 e. The number of Topliss-reactive ketones (excluding diaryl/α,β-unsaturated/α-hetero) is 1. The Bertz CT molecular complexity index is 1520. The number of nitrogens with zero attached hydrogens (tertiary/aromatic N) is 2. The maximum Gasteiger partial charge on any atom is 0.300 e. The number of hydrogen-bond donors (Lipinski definition) is 1. The first-order valence-electron chi connectivity index (χ1n) is 12.1. The maximum atomic E-state index is 13.4. The van der Waals surface area contributed by atoms with Crippen molar-refractivity contribution in [3.8, 4) is 11.5 Å². The Labute approximate surface area is 220 Å². The van der Waals surface area contributed by atoms with Crippen LogP contribution in [-0.4, -0.2) is 28.9 Å². The van der Waals surface area contributed by atoms with Crippen molar-refractivity contribution in [3.63, 3.8) is 0 Å². The molecule has 190 valence electrons. The summed E-state index contributed by atoms with van der Waals surface area (Å²) < 4.78 is 11.3. The molecule has 4 aromatic rings. The Morgan fingerprint density at radius 2 is 1.71 bits per heavy atom. The molecule has 7 nitrogen and oxygen atoms in total. The Balaban J connectivity index is 1.55. The quantitative estimate of drug-likeness (QED) is 0.199. The third-order valence-corrected chi connectivity index (χ3v) is 6.48. The number of rotatable bonds is 7. The van der Waals surface area contributed by atoms with E-state index in [9.17, 15) is 14.7 Å². The van der Waals surface area contributed by atoms with Gasteiger partial charge < -0.3 is 14.6 Å². The Morgan fingerprint density at radius 1 is 0.947 bits per heavy atom. The van der Waals surface area contributed by atoms with Crippen LogP contribution in [0.4, 0.5) is 5.69 Å². The van der Waals surface area contributed by atoms with Crippen LogP contribution in [0.3, 0.4) is 0 Å². The van der Waals surface area contributed by atoms with Gasteiger partial charge in [0.1, 0.15) is 23.9 Å². The molecule has 1 unspecified atom stereocenters. The van der Waals surface area contributed by atoms with Crippen molar-refractivity contribution in [3.05, 3.63) is 125 Å². The summed E-state index contributed by atoms with van der Waals surface area (Å²) in [6.07, 6.45) is 3.17. The molecule has 1 aliphatic heterocycles. The zero-order valence-corrected chi connectivity index (χ0v) is 21.0. The van der Waals surface area contributed by atoms with Crippen molar-refractivity contribution < 1.29 is 24.2 Å². The predicted molar refractivity (Wildman–Crippen MR) is 144 cm³/mol. The maximum absolute atomic E-state index is 13.4. The lowest BCUT2D eigenvalue weighted by Crippen LogP contribution is -2.29. The third-order valence-electron chi connectivity index (χ3n) is 6.48. The molecular weight excluding hydrogens is 480 g/mol. The average molecular weight is 507 g/mol.